The minimum Gasteiger partial charge on any atom is -0.482 e. The largest absolute Gasteiger partial charge is 0.482 e. The first kappa shape index (κ1) is 18.9. The summed E-state index contributed by atoms with van der Waals surface area (Å²) in [5.74, 6) is 0.278. The summed E-state index contributed by atoms with van der Waals surface area (Å²) in [7, 11) is 0.822. The second-order valence-electron chi connectivity index (χ2n) is 5.96. The Morgan fingerprint density at radius 1 is 0.852 bits per heavy atom. The molecule has 27 heavy (non-hydrogen) atoms. The Bertz CT molecular complexity index is 884. The second-order valence-corrected chi connectivity index (χ2v) is 8.14. The minimum absolute atomic E-state index is 0.158. The fraction of sp³-hybridized carbons (Fsp3) is 0.0870. The van der Waals surface area contributed by atoms with E-state index < -0.39 is 7.92 Å². The molecule has 1 amide bonds. The van der Waals surface area contributed by atoms with Gasteiger partial charge in [-0.25, -0.2) is 0 Å². The van der Waals surface area contributed by atoms with Crippen LogP contribution in [0.25, 0.3) is 6.08 Å². The number of hydrogen-bond donors (Lipinski definition) is 1. The maximum atomic E-state index is 11.4. The second kappa shape index (κ2) is 9.16. The summed E-state index contributed by atoms with van der Waals surface area (Å²) in [6.07, 6.45) is 1.89. The van der Waals surface area contributed by atoms with Gasteiger partial charge in [-0.2, -0.15) is 0 Å². The van der Waals surface area contributed by atoms with E-state index >= 15 is 0 Å². The number of rotatable bonds is 6. The number of methoxy groups -OCH3 is 1. The Morgan fingerprint density at radius 2 is 1.37 bits per heavy atom. The summed E-state index contributed by atoms with van der Waals surface area (Å²) in [4.78, 5) is 11.4. The Hall–Kier alpha value is -2.90. The molecule has 0 fully saturated rings. The van der Waals surface area contributed by atoms with Crippen molar-refractivity contribution < 1.29 is 9.53 Å². The highest BCUT2D eigenvalue weighted by molar-refractivity contribution is 7.80. The molecule has 0 atom stereocenters. The molecular formula is C23H22NO2P. The number of carbonyl (C=O) groups excluding carboxylic acids is 1. The molecule has 3 nitrogen and oxygen atoms in total. The summed E-state index contributed by atoms with van der Waals surface area (Å²) in [6, 6.07) is 29.3. The van der Waals surface area contributed by atoms with E-state index in [1.807, 2.05) is 24.3 Å². The average Bonchev–Trinajstić information content (AvgIpc) is 2.70. The number of benzene rings is 3. The minimum atomic E-state index is -0.736. The molecule has 3 rings (SSSR count). The van der Waals surface area contributed by atoms with Gasteiger partial charge < -0.3 is 4.74 Å². The zero-order valence-electron chi connectivity index (χ0n) is 15.4. The van der Waals surface area contributed by atoms with Gasteiger partial charge in [0.25, 0.3) is 0 Å². The van der Waals surface area contributed by atoms with Crippen LogP contribution in [0.2, 0.25) is 0 Å². The third-order valence-corrected chi connectivity index (χ3v) is 6.53. The summed E-state index contributed by atoms with van der Waals surface area (Å²) < 4.78 is 5.35. The number of nitrogens with one attached hydrogen (secondary N) is 1. The van der Waals surface area contributed by atoms with Gasteiger partial charge in [0.15, 0.2) is 5.88 Å². The van der Waals surface area contributed by atoms with Crippen molar-refractivity contribution in [2.75, 3.05) is 7.11 Å². The number of ether oxygens (including phenoxy) is 1. The van der Waals surface area contributed by atoms with Crippen molar-refractivity contribution >= 4 is 35.8 Å². The van der Waals surface area contributed by atoms with Gasteiger partial charge in [0.1, 0.15) is 0 Å². The van der Waals surface area contributed by atoms with Crippen molar-refractivity contribution in [1.29, 1.82) is 0 Å². The van der Waals surface area contributed by atoms with Crippen LogP contribution < -0.4 is 21.2 Å². The number of hydrogen-bond acceptors (Lipinski definition) is 2. The van der Waals surface area contributed by atoms with Gasteiger partial charge in [0.2, 0.25) is 5.91 Å². The van der Waals surface area contributed by atoms with Gasteiger partial charge >= 0.3 is 0 Å². The van der Waals surface area contributed by atoms with E-state index in [4.69, 9.17) is 4.74 Å². The van der Waals surface area contributed by atoms with Crippen LogP contribution in [-0.4, -0.2) is 13.0 Å². The van der Waals surface area contributed by atoms with E-state index in [0.29, 0.717) is 5.88 Å². The monoisotopic (exact) mass is 375 g/mol. The molecular weight excluding hydrogens is 353 g/mol. The standard InChI is InChI=1S/C23H22NO2P/c1-18(25)24-23(26-2)17-19-11-9-10-16-22(19)27(20-12-5-3-6-13-20)21-14-7-4-8-15-21/h3-17H,1-2H3,(H,24,25). The van der Waals surface area contributed by atoms with Crippen molar-refractivity contribution in [2.24, 2.45) is 0 Å². The van der Waals surface area contributed by atoms with Crippen LogP contribution in [0.1, 0.15) is 12.5 Å². The Morgan fingerprint density at radius 3 is 1.89 bits per heavy atom. The lowest BCUT2D eigenvalue weighted by atomic mass is 10.2. The van der Waals surface area contributed by atoms with Crippen molar-refractivity contribution in [3.8, 4) is 0 Å². The Labute approximate surface area is 161 Å². The summed E-state index contributed by atoms with van der Waals surface area (Å²) in [5.41, 5.74) is 1.03. The molecule has 0 radical (unpaired) electrons. The van der Waals surface area contributed by atoms with Crippen LogP contribution >= 0.6 is 7.92 Å². The van der Waals surface area contributed by atoms with Crippen LogP contribution in [-0.2, 0) is 9.53 Å². The third kappa shape index (κ3) is 4.84. The quantitative estimate of drug-likeness (QED) is 0.529. The SMILES string of the molecule is COC(=Cc1ccccc1P(c1ccccc1)c1ccccc1)NC(C)=O. The van der Waals surface area contributed by atoms with Crippen LogP contribution in [0, 0.1) is 0 Å². The highest BCUT2D eigenvalue weighted by atomic mass is 31.1. The molecule has 3 aromatic carbocycles. The first-order valence-corrected chi connectivity index (χ1v) is 10.1. The van der Waals surface area contributed by atoms with E-state index in [1.54, 1.807) is 7.11 Å². The predicted octanol–water partition coefficient (Wildman–Crippen LogP) is 3.53. The van der Waals surface area contributed by atoms with Gasteiger partial charge in [-0.05, 0) is 29.4 Å². The topological polar surface area (TPSA) is 38.3 Å². The van der Waals surface area contributed by atoms with Crippen molar-refractivity contribution in [1.82, 2.24) is 5.32 Å². The normalized spacial score (nSPS) is 11.3. The van der Waals surface area contributed by atoms with Crippen LogP contribution in [0.5, 0.6) is 0 Å². The van der Waals surface area contributed by atoms with E-state index in [0.717, 1.165) is 5.56 Å². The molecule has 136 valence electrons. The molecule has 0 unspecified atom stereocenters. The first-order chi connectivity index (χ1) is 13.2. The number of carbonyl (C=O) groups is 1. The molecule has 0 saturated carbocycles. The molecule has 0 spiro atoms. The smallest absolute Gasteiger partial charge is 0.223 e. The molecule has 1 N–H and O–H groups in total. The van der Waals surface area contributed by atoms with Crippen molar-refractivity contribution in [2.45, 2.75) is 6.92 Å². The molecule has 0 aliphatic carbocycles. The van der Waals surface area contributed by atoms with E-state index in [2.05, 4.69) is 72.0 Å². The lowest BCUT2D eigenvalue weighted by Gasteiger charge is -2.21. The van der Waals surface area contributed by atoms with Gasteiger partial charge in [-0.3, -0.25) is 10.1 Å². The predicted molar refractivity (Wildman–Crippen MR) is 114 cm³/mol. The van der Waals surface area contributed by atoms with Gasteiger partial charge in [0, 0.05) is 13.0 Å². The molecule has 0 aromatic heterocycles. The Balaban J connectivity index is 2.14. The molecule has 0 aliphatic heterocycles. The lowest BCUT2D eigenvalue weighted by Crippen LogP contribution is -2.23. The van der Waals surface area contributed by atoms with Gasteiger partial charge in [-0.15, -0.1) is 0 Å². The maximum absolute atomic E-state index is 11.4. The van der Waals surface area contributed by atoms with Crippen molar-refractivity contribution in [3.05, 3.63) is 96.4 Å². The summed E-state index contributed by atoms with van der Waals surface area (Å²) in [6.45, 7) is 1.47. The van der Waals surface area contributed by atoms with E-state index in [-0.39, 0.29) is 5.91 Å². The van der Waals surface area contributed by atoms with E-state index in [1.165, 1.54) is 22.8 Å². The third-order valence-electron chi connectivity index (χ3n) is 4.01. The zero-order chi connectivity index (χ0) is 19.1. The molecule has 0 heterocycles. The highest BCUT2D eigenvalue weighted by Gasteiger charge is 2.18. The molecule has 0 aliphatic rings. The van der Waals surface area contributed by atoms with E-state index in [9.17, 15) is 4.79 Å². The van der Waals surface area contributed by atoms with Crippen LogP contribution in [0.3, 0.4) is 0 Å². The summed E-state index contributed by atoms with van der Waals surface area (Å²) in [5, 5.41) is 6.50. The first-order valence-electron chi connectivity index (χ1n) is 8.71. The van der Waals surface area contributed by atoms with Crippen molar-refractivity contribution in [3.63, 3.8) is 0 Å². The molecule has 3 aromatic rings. The lowest BCUT2D eigenvalue weighted by molar-refractivity contribution is -0.119. The number of amides is 1. The van der Waals surface area contributed by atoms with Gasteiger partial charge in [-0.1, -0.05) is 84.9 Å². The maximum Gasteiger partial charge on any atom is 0.223 e. The fourth-order valence-corrected chi connectivity index (χ4v) is 5.28. The average molecular weight is 375 g/mol. The van der Waals surface area contributed by atoms with Crippen LogP contribution in [0.15, 0.2) is 90.8 Å². The summed E-state index contributed by atoms with van der Waals surface area (Å²) >= 11 is 0. The molecule has 4 heteroatoms. The molecule has 0 bridgehead atoms. The highest BCUT2D eigenvalue weighted by Crippen LogP contribution is 2.34. The zero-order valence-corrected chi connectivity index (χ0v) is 16.3. The fourth-order valence-electron chi connectivity index (χ4n) is 2.86. The molecule has 0 saturated heterocycles. The van der Waals surface area contributed by atoms with Crippen LogP contribution in [0.4, 0.5) is 0 Å². The Kier molecular flexibility index (Phi) is 6.40. The van der Waals surface area contributed by atoms with Gasteiger partial charge in [0.05, 0.1) is 7.11 Å².